The van der Waals surface area contributed by atoms with Crippen molar-refractivity contribution in [2.24, 2.45) is 0 Å². The predicted octanol–water partition coefficient (Wildman–Crippen LogP) is 4.19. The van der Waals surface area contributed by atoms with Crippen LogP contribution in [0.15, 0.2) is 30.5 Å². The van der Waals surface area contributed by atoms with Crippen molar-refractivity contribution in [3.05, 3.63) is 51.5 Å². The van der Waals surface area contributed by atoms with Gasteiger partial charge in [0.1, 0.15) is 0 Å². The molecule has 1 aliphatic rings. The van der Waals surface area contributed by atoms with E-state index in [0.29, 0.717) is 5.92 Å². The molecule has 1 heterocycles. The topological polar surface area (TPSA) is 45.1 Å². The van der Waals surface area contributed by atoms with Crippen LogP contribution in [0.3, 0.4) is 0 Å². The lowest BCUT2D eigenvalue weighted by atomic mass is 9.90. The van der Waals surface area contributed by atoms with E-state index in [9.17, 15) is 5.11 Å². The van der Waals surface area contributed by atoms with Gasteiger partial charge < -0.3 is 10.4 Å². The second kappa shape index (κ2) is 8.75. The number of aromatic nitrogens is 1. The van der Waals surface area contributed by atoms with E-state index in [1.165, 1.54) is 53.1 Å². The van der Waals surface area contributed by atoms with Crippen LogP contribution in [0.1, 0.15) is 59.0 Å². The Bertz CT molecular complexity index is 634. The molecule has 0 aliphatic heterocycles. The van der Waals surface area contributed by atoms with Crippen LogP contribution in [-0.2, 0) is 13.0 Å². The number of nitrogens with one attached hydrogen (secondary N) is 1. The van der Waals surface area contributed by atoms with Crippen LogP contribution < -0.4 is 5.32 Å². The third kappa shape index (κ3) is 4.88. The van der Waals surface area contributed by atoms with Crippen molar-refractivity contribution < 1.29 is 5.11 Å². The van der Waals surface area contributed by atoms with E-state index in [4.69, 9.17) is 0 Å². The van der Waals surface area contributed by atoms with Gasteiger partial charge in [-0.2, -0.15) is 0 Å². The molecule has 1 fully saturated rings. The van der Waals surface area contributed by atoms with Crippen LogP contribution >= 0.6 is 11.3 Å². The van der Waals surface area contributed by atoms with Gasteiger partial charge in [0.2, 0.25) is 0 Å². The second-order valence-electron chi connectivity index (χ2n) is 6.95. The lowest BCUT2D eigenvalue weighted by Crippen LogP contribution is -2.33. The molecule has 4 heteroatoms. The van der Waals surface area contributed by atoms with Gasteiger partial charge >= 0.3 is 0 Å². The Kier molecular flexibility index (Phi) is 6.41. The minimum atomic E-state index is 0.0898. The molecule has 0 radical (unpaired) electrons. The maximum atomic E-state index is 9.67. The molecular weight excluding hydrogens is 316 g/mol. The summed E-state index contributed by atoms with van der Waals surface area (Å²) in [6, 6.07) is 8.60. The van der Waals surface area contributed by atoms with E-state index in [-0.39, 0.29) is 12.6 Å². The molecule has 1 aromatic heterocycles. The lowest BCUT2D eigenvalue weighted by Gasteiger charge is -2.19. The molecule has 1 unspecified atom stereocenters. The Morgan fingerprint density at radius 2 is 2.12 bits per heavy atom. The zero-order chi connectivity index (χ0) is 16.8. The van der Waals surface area contributed by atoms with Gasteiger partial charge in [-0.1, -0.05) is 49.1 Å². The third-order valence-corrected chi connectivity index (χ3v) is 6.04. The van der Waals surface area contributed by atoms with E-state index in [2.05, 4.69) is 41.5 Å². The van der Waals surface area contributed by atoms with Crippen molar-refractivity contribution in [3.63, 3.8) is 0 Å². The first-order valence-corrected chi connectivity index (χ1v) is 9.90. The Hall–Kier alpha value is -1.23. The van der Waals surface area contributed by atoms with E-state index < -0.39 is 0 Å². The van der Waals surface area contributed by atoms with Crippen LogP contribution in [0.5, 0.6) is 0 Å². The Morgan fingerprint density at radius 1 is 1.29 bits per heavy atom. The summed E-state index contributed by atoms with van der Waals surface area (Å²) in [4.78, 5) is 5.93. The van der Waals surface area contributed by atoms with Crippen molar-refractivity contribution in [2.45, 2.75) is 64.0 Å². The second-order valence-corrected chi connectivity index (χ2v) is 8.10. The minimum Gasteiger partial charge on any atom is -0.395 e. The van der Waals surface area contributed by atoms with Gasteiger partial charge in [0, 0.05) is 29.6 Å². The average Bonchev–Trinajstić information content (AvgIpc) is 3.08. The third-order valence-electron chi connectivity index (χ3n) is 4.88. The number of thiazole rings is 1. The molecule has 24 heavy (non-hydrogen) atoms. The Balaban J connectivity index is 1.52. The van der Waals surface area contributed by atoms with Crippen molar-refractivity contribution in [2.75, 3.05) is 6.61 Å². The number of hydrogen-bond donors (Lipinski definition) is 2. The van der Waals surface area contributed by atoms with Crippen LogP contribution in [0.2, 0.25) is 0 Å². The highest BCUT2D eigenvalue weighted by molar-refractivity contribution is 7.11. The maximum Gasteiger partial charge on any atom is 0.0959 e. The van der Waals surface area contributed by atoms with Crippen LogP contribution in [0.25, 0.3) is 0 Å². The highest BCUT2D eigenvalue weighted by Crippen LogP contribution is 2.34. The summed E-state index contributed by atoms with van der Waals surface area (Å²) in [6.07, 6.45) is 9.55. The Morgan fingerprint density at radius 3 is 2.88 bits per heavy atom. The first-order valence-electron chi connectivity index (χ1n) is 9.09. The van der Waals surface area contributed by atoms with Gasteiger partial charge in [-0.05, 0) is 31.7 Å². The van der Waals surface area contributed by atoms with E-state index in [0.717, 1.165) is 13.0 Å². The molecule has 1 atom stereocenters. The van der Waals surface area contributed by atoms with E-state index >= 15 is 0 Å². The van der Waals surface area contributed by atoms with Gasteiger partial charge in [0.25, 0.3) is 0 Å². The molecular formula is C20H28N2OS. The number of rotatable bonds is 7. The number of aliphatic hydroxyl groups excluding tert-OH is 1. The van der Waals surface area contributed by atoms with Crippen LogP contribution in [-0.4, -0.2) is 22.7 Å². The molecule has 3 rings (SSSR count). The largest absolute Gasteiger partial charge is 0.395 e. The average molecular weight is 345 g/mol. The fourth-order valence-electron chi connectivity index (χ4n) is 3.51. The highest BCUT2D eigenvalue weighted by Gasteiger charge is 2.19. The molecule has 0 amide bonds. The standard InChI is InChI=1S/C20H28N2OS/c1-15-6-5-7-16(10-15)11-18(14-23)21-12-19-13-22-20(24-19)17-8-3-2-4-9-17/h5-7,10,13,17-18,21,23H,2-4,8-9,11-12,14H2,1H3. The molecule has 130 valence electrons. The molecule has 1 saturated carbocycles. The molecule has 0 spiro atoms. The Labute approximate surface area is 149 Å². The predicted molar refractivity (Wildman–Crippen MR) is 101 cm³/mol. The monoisotopic (exact) mass is 344 g/mol. The van der Waals surface area contributed by atoms with Gasteiger partial charge in [0.05, 0.1) is 11.6 Å². The molecule has 0 saturated heterocycles. The first kappa shape index (κ1) is 17.6. The van der Waals surface area contributed by atoms with Crippen LogP contribution in [0, 0.1) is 6.92 Å². The van der Waals surface area contributed by atoms with Crippen molar-refractivity contribution in [1.82, 2.24) is 10.3 Å². The lowest BCUT2D eigenvalue weighted by molar-refractivity contribution is 0.241. The zero-order valence-corrected chi connectivity index (χ0v) is 15.3. The molecule has 2 N–H and O–H groups in total. The zero-order valence-electron chi connectivity index (χ0n) is 14.5. The summed E-state index contributed by atoms with van der Waals surface area (Å²) < 4.78 is 0. The fraction of sp³-hybridized carbons (Fsp3) is 0.550. The van der Waals surface area contributed by atoms with Crippen LogP contribution in [0.4, 0.5) is 0 Å². The number of aliphatic hydroxyl groups is 1. The first-order chi connectivity index (χ1) is 11.7. The van der Waals surface area contributed by atoms with E-state index in [1.807, 2.05) is 17.5 Å². The number of benzene rings is 1. The van der Waals surface area contributed by atoms with Gasteiger partial charge in [-0.25, -0.2) is 4.98 Å². The van der Waals surface area contributed by atoms with Gasteiger partial charge in [-0.3, -0.25) is 0 Å². The summed E-state index contributed by atoms with van der Waals surface area (Å²) in [5.74, 6) is 0.679. The summed E-state index contributed by atoms with van der Waals surface area (Å²) >= 11 is 1.85. The molecule has 1 aliphatic carbocycles. The van der Waals surface area contributed by atoms with Crippen molar-refractivity contribution in [3.8, 4) is 0 Å². The summed E-state index contributed by atoms with van der Waals surface area (Å²) in [6.45, 7) is 3.05. The summed E-state index contributed by atoms with van der Waals surface area (Å²) in [5.41, 5.74) is 2.54. The van der Waals surface area contributed by atoms with Gasteiger partial charge in [-0.15, -0.1) is 11.3 Å². The quantitative estimate of drug-likeness (QED) is 0.791. The number of aryl methyl sites for hydroxylation is 1. The number of hydrogen-bond acceptors (Lipinski definition) is 4. The van der Waals surface area contributed by atoms with E-state index in [1.54, 1.807) is 0 Å². The van der Waals surface area contributed by atoms with Crippen molar-refractivity contribution >= 4 is 11.3 Å². The van der Waals surface area contributed by atoms with Gasteiger partial charge in [0.15, 0.2) is 0 Å². The number of nitrogens with zero attached hydrogens (tertiary/aromatic N) is 1. The minimum absolute atomic E-state index is 0.0898. The highest BCUT2D eigenvalue weighted by atomic mass is 32.1. The maximum absolute atomic E-state index is 9.67. The van der Waals surface area contributed by atoms with Crippen molar-refractivity contribution in [1.29, 1.82) is 0 Å². The summed E-state index contributed by atoms with van der Waals surface area (Å²) in [7, 11) is 0. The molecule has 3 nitrogen and oxygen atoms in total. The smallest absolute Gasteiger partial charge is 0.0959 e. The SMILES string of the molecule is Cc1cccc(CC(CO)NCc2cnc(C3CCCCC3)s2)c1. The normalized spacial score (nSPS) is 17.1. The molecule has 0 bridgehead atoms. The fourth-order valence-corrected chi connectivity index (χ4v) is 4.55. The summed E-state index contributed by atoms with van der Waals surface area (Å²) in [5, 5.41) is 14.5. The molecule has 1 aromatic carbocycles. The molecule has 2 aromatic rings.